The van der Waals surface area contributed by atoms with Crippen molar-refractivity contribution < 1.29 is 9.18 Å². The summed E-state index contributed by atoms with van der Waals surface area (Å²) in [6.07, 6.45) is 0.998. The molecule has 1 heterocycles. The van der Waals surface area contributed by atoms with Crippen LogP contribution in [-0.4, -0.2) is 25.5 Å². The van der Waals surface area contributed by atoms with Gasteiger partial charge in [0.2, 0.25) is 5.91 Å². The average Bonchev–Trinajstić information content (AvgIpc) is 3.09. The van der Waals surface area contributed by atoms with Crippen LogP contribution in [-0.2, 0) is 4.79 Å². The van der Waals surface area contributed by atoms with Gasteiger partial charge in [0.05, 0.1) is 0 Å². The molecule has 2 aromatic carbocycles. The largest absolute Gasteiger partial charge is 0.371 e. The Kier molecular flexibility index (Phi) is 8.85. The van der Waals surface area contributed by atoms with Crippen molar-refractivity contribution in [2.75, 3.05) is 24.5 Å². The molecular weight excluding hydrogens is 376 g/mol. The lowest BCUT2D eigenvalue weighted by Gasteiger charge is -2.19. The van der Waals surface area contributed by atoms with Crippen molar-refractivity contribution in [1.29, 1.82) is 0 Å². The Bertz CT molecular complexity index is 685. The van der Waals surface area contributed by atoms with Crippen LogP contribution >= 0.6 is 24.8 Å². The number of nitrogens with one attached hydrogen (secondary N) is 1. The fourth-order valence-corrected chi connectivity index (χ4v) is 3.05. The van der Waals surface area contributed by atoms with E-state index in [-0.39, 0.29) is 36.5 Å². The van der Waals surface area contributed by atoms with E-state index >= 15 is 0 Å². The molecule has 1 amide bonds. The van der Waals surface area contributed by atoms with Gasteiger partial charge in [-0.05, 0) is 42.2 Å². The van der Waals surface area contributed by atoms with Crippen molar-refractivity contribution in [1.82, 2.24) is 5.32 Å². The van der Waals surface area contributed by atoms with Gasteiger partial charge in [-0.15, -0.1) is 24.8 Å². The van der Waals surface area contributed by atoms with Crippen molar-refractivity contribution >= 4 is 36.4 Å². The molecule has 2 aromatic rings. The van der Waals surface area contributed by atoms with Gasteiger partial charge >= 0.3 is 0 Å². The summed E-state index contributed by atoms with van der Waals surface area (Å²) in [6, 6.07) is 15.3. The van der Waals surface area contributed by atoms with Crippen molar-refractivity contribution in [3.63, 3.8) is 0 Å². The lowest BCUT2D eigenvalue weighted by molar-refractivity contribution is -0.122. The number of carbonyl (C=O) groups is 1. The maximum Gasteiger partial charge on any atom is 0.241 e. The summed E-state index contributed by atoms with van der Waals surface area (Å²) < 4.78 is 13.0. The average molecular weight is 400 g/mol. The second-order valence-electron chi connectivity index (χ2n) is 6.21. The number of hydrogen-bond donors (Lipinski definition) is 2. The van der Waals surface area contributed by atoms with Crippen LogP contribution in [0.1, 0.15) is 18.0 Å². The molecule has 3 rings (SSSR count). The van der Waals surface area contributed by atoms with Gasteiger partial charge in [-0.3, -0.25) is 4.79 Å². The van der Waals surface area contributed by atoms with E-state index in [1.165, 1.54) is 12.1 Å². The molecule has 1 aliphatic heterocycles. The number of amides is 1. The Morgan fingerprint density at radius 2 is 1.81 bits per heavy atom. The normalized spacial score (nSPS) is 17.0. The molecule has 0 radical (unpaired) electrons. The SMILES string of the molecule is Cl.Cl.NC(C(=O)NCC1CCN(c2ccc(F)cc2)C1)c1ccccc1. The molecule has 2 unspecified atom stereocenters. The standard InChI is InChI=1S/C19H22FN3O.2ClH/c20-16-6-8-17(9-7-16)23-11-10-14(13-23)12-22-19(24)18(21)15-4-2-1-3-5-15;;/h1-9,14,18H,10-13,21H2,(H,22,24);2*1H. The third kappa shape index (κ3) is 5.59. The minimum Gasteiger partial charge on any atom is -0.371 e. The van der Waals surface area contributed by atoms with Crippen LogP contribution in [0.4, 0.5) is 10.1 Å². The highest BCUT2D eigenvalue weighted by Crippen LogP contribution is 2.23. The lowest BCUT2D eigenvalue weighted by Crippen LogP contribution is -2.37. The number of nitrogens with two attached hydrogens (primary N) is 1. The monoisotopic (exact) mass is 399 g/mol. The molecular formula is C19H24Cl2FN3O. The van der Waals surface area contributed by atoms with Gasteiger partial charge in [0.25, 0.3) is 0 Å². The van der Waals surface area contributed by atoms with Crippen LogP contribution in [0.2, 0.25) is 0 Å². The van der Waals surface area contributed by atoms with Crippen LogP contribution in [0, 0.1) is 11.7 Å². The molecule has 1 aliphatic rings. The second-order valence-corrected chi connectivity index (χ2v) is 6.21. The Morgan fingerprint density at radius 1 is 1.15 bits per heavy atom. The summed E-state index contributed by atoms with van der Waals surface area (Å²) in [5, 5.41) is 2.95. The highest BCUT2D eigenvalue weighted by molar-refractivity contribution is 5.85. The molecule has 0 saturated carbocycles. The fraction of sp³-hybridized carbons (Fsp3) is 0.316. The first-order valence-electron chi connectivity index (χ1n) is 8.22. The lowest BCUT2D eigenvalue weighted by atomic mass is 10.1. The number of carbonyl (C=O) groups excluding carboxylic acids is 1. The summed E-state index contributed by atoms with van der Waals surface area (Å²) >= 11 is 0. The van der Waals surface area contributed by atoms with E-state index in [0.29, 0.717) is 12.5 Å². The summed E-state index contributed by atoms with van der Waals surface area (Å²) in [5.41, 5.74) is 7.83. The van der Waals surface area contributed by atoms with E-state index in [1.54, 1.807) is 12.1 Å². The first-order chi connectivity index (χ1) is 11.6. The van der Waals surface area contributed by atoms with Crippen LogP contribution < -0.4 is 16.0 Å². The fourth-order valence-electron chi connectivity index (χ4n) is 3.05. The summed E-state index contributed by atoms with van der Waals surface area (Å²) in [5.74, 6) is 0.0000634. The van der Waals surface area contributed by atoms with Gasteiger partial charge in [-0.25, -0.2) is 4.39 Å². The van der Waals surface area contributed by atoms with Crippen molar-refractivity contribution in [2.24, 2.45) is 11.7 Å². The van der Waals surface area contributed by atoms with E-state index in [0.717, 1.165) is 30.8 Å². The molecule has 3 N–H and O–H groups in total. The summed E-state index contributed by atoms with van der Waals surface area (Å²) in [6.45, 7) is 2.38. The number of hydrogen-bond acceptors (Lipinski definition) is 3. The zero-order chi connectivity index (χ0) is 16.9. The number of nitrogens with zero attached hydrogens (tertiary/aromatic N) is 1. The van der Waals surface area contributed by atoms with E-state index < -0.39 is 6.04 Å². The van der Waals surface area contributed by atoms with Gasteiger partial charge in [0.15, 0.2) is 0 Å². The first kappa shape index (κ1) is 22.2. The molecule has 0 aliphatic carbocycles. The van der Waals surface area contributed by atoms with Gasteiger partial charge < -0.3 is 16.0 Å². The van der Waals surface area contributed by atoms with E-state index in [1.807, 2.05) is 30.3 Å². The zero-order valence-electron chi connectivity index (χ0n) is 14.3. The molecule has 2 atom stereocenters. The number of anilines is 1. The van der Waals surface area contributed by atoms with Gasteiger partial charge in [0.1, 0.15) is 11.9 Å². The molecule has 0 spiro atoms. The maximum absolute atomic E-state index is 13.0. The van der Waals surface area contributed by atoms with E-state index in [4.69, 9.17) is 5.73 Å². The molecule has 0 aromatic heterocycles. The molecule has 4 nitrogen and oxygen atoms in total. The second kappa shape index (κ2) is 10.4. The predicted octanol–water partition coefficient (Wildman–Crippen LogP) is 3.31. The van der Waals surface area contributed by atoms with Crippen LogP contribution in [0.3, 0.4) is 0 Å². The summed E-state index contributed by atoms with van der Waals surface area (Å²) in [4.78, 5) is 14.4. The van der Waals surface area contributed by atoms with Gasteiger partial charge in [0, 0.05) is 25.3 Å². The Labute approximate surface area is 165 Å². The van der Waals surface area contributed by atoms with Crippen molar-refractivity contribution in [2.45, 2.75) is 12.5 Å². The van der Waals surface area contributed by atoms with Crippen LogP contribution in [0.25, 0.3) is 0 Å². The number of benzene rings is 2. The van der Waals surface area contributed by atoms with Crippen LogP contribution in [0.15, 0.2) is 54.6 Å². The Hall–Kier alpha value is -1.82. The van der Waals surface area contributed by atoms with Crippen molar-refractivity contribution in [3.05, 3.63) is 66.0 Å². The highest BCUT2D eigenvalue weighted by Gasteiger charge is 2.24. The van der Waals surface area contributed by atoms with E-state index in [9.17, 15) is 9.18 Å². The van der Waals surface area contributed by atoms with Crippen LogP contribution in [0.5, 0.6) is 0 Å². The first-order valence-corrected chi connectivity index (χ1v) is 8.22. The minimum atomic E-state index is -0.638. The molecule has 26 heavy (non-hydrogen) atoms. The predicted molar refractivity (Wildman–Crippen MR) is 108 cm³/mol. The van der Waals surface area contributed by atoms with Gasteiger partial charge in [-0.1, -0.05) is 30.3 Å². The third-order valence-electron chi connectivity index (χ3n) is 4.48. The number of halogens is 3. The smallest absolute Gasteiger partial charge is 0.241 e. The Morgan fingerprint density at radius 3 is 2.46 bits per heavy atom. The summed E-state index contributed by atoms with van der Waals surface area (Å²) in [7, 11) is 0. The molecule has 0 bridgehead atoms. The minimum absolute atomic E-state index is 0. The maximum atomic E-state index is 13.0. The van der Waals surface area contributed by atoms with E-state index in [2.05, 4.69) is 10.2 Å². The molecule has 7 heteroatoms. The third-order valence-corrected chi connectivity index (χ3v) is 4.48. The molecule has 142 valence electrons. The molecule has 1 saturated heterocycles. The molecule has 1 fully saturated rings. The number of rotatable bonds is 5. The highest BCUT2D eigenvalue weighted by atomic mass is 35.5. The van der Waals surface area contributed by atoms with Crippen molar-refractivity contribution in [3.8, 4) is 0 Å². The Balaban J connectivity index is 0.00000169. The quantitative estimate of drug-likeness (QED) is 0.810. The topological polar surface area (TPSA) is 58.4 Å². The zero-order valence-corrected chi connectivity index (χ0v) is 15.9. The van der Waals surface area contributed by atoms with Gasteiger partial charge in [-0.2, -0.15) is 0 Å².